The van der Waals surface area contributed by atoms with E-state index >= 15 is 0 Å². The van der Waals surface area contributed by atoms with E-state index in [0.29, 0.717) is 5.41 Å². The molecule has 0 bridgehead atoms. The Morgan fingerprint density at radius 3 is 2.10 bits per heavy atom. The Morgan fingerprint density at radius 2 is 1.90 bits per heavy atom. The SMILES string of the molecule is CC(C)(C)c1cccs1.[NaH]. The minimum absolute atomic E-state index is 0. The van der Waals surface area contributed by atoms with E-state index in [0.717, 1.165) is 0 Å². The van der Waals surface area contributed by atoms with Gasteiger partial charge in [-0.15, -0.1) is 11.3 Å². The van der Waals surface area contributed by atoms with Crippen LogP contribution >= 0.6 is 11.3 Å². The van der Waals surface area contributed by atoms with E-state index < -0.39 is 0 Å². The average Bonchev–Trinajstić information content (AvgIpc) is 2.08. The molecule has 0 unspecified atom stereocenters. The van der Waals surface area contributed by atoms with Gasteiger partial charge < -0.3 is 0 Å². The first-order valence-electron chi connectivity index (χ1n) is 3.15. The summed E-state index contributed by atoms with van der Waals surface area (Å²) < 4.78 is 0. The summed E-state index contributed by atoms with van der Waals surface area (Å²) in [6.45, 7) is 6.70. The third-order valence-electron chi connectivity index (χ3n) is 1.26. The van der Waals surface area contributed by atoms with Gasteiger partial charge in [-0.1, -0.05) is 26.8 Å². The van der Waals surface area contributed by atoms with Crippen LogP contribution in [0.5, 0.6) is 0 Å². The van der Waals surface area contributed by atoms with Crippen LogP contribution in [0.15, 0.2) is 17.5 Å². The van der Waals surface area contributed by atoms with E-state index in [1.165, 1.54) is 4.88 Å². The summed E-state index contributed by atoms with van der Waals surface area (Å²) in [4.78, 5) is 1.46. The van der Waals surface area contributed by atoms with Gasteiger partial charge in [-0.05, 0) is 16.9 Å². The van der Waals surface area contributed by atoms with Crippen LogP contribution in [-0.4, -0.2) is 29.6 Å². The first-order chi connectivity index (χ1) is 4.11. The number of rotatable bonds is 0. The van der Waals surface area contributed by atoms with Crippen LogP contribution in [0.4, 0.5) is 0 Å². The Morgan fingerprint density at radius 1 is 1.30 bits per heavy atom. The number of thiophene rings is 1. The number of hydrogen-bond acceptors (Lipinski definition) is 1. The third kappa shape index (κ3) is 2.75. The van der Waals surface area contributed by atoms with Crippen molar-refractivity contribution >= 4 is 40.9 Å². The molecule has 0 aliphatic carbocycles. The van der Waals surface area contributed by atoms with Gasteiger partial charge in [0.2, 0.25) is 0 Å². The zero-order chi connectivity index (χ0) is 6.91. The fraction of sp³-hybridized carbons (Fsp3) is 0.500. The van der Waals surface area contributed by atoms with Gasteiger partial charge in [0.05, 0.1) is 0 Å². The summed E-state index contributed by atoms with van der Waals surface area (Å²) in [6.07, 6.45) is 0. The van der Waals surface area contributed by atoms with E-state index in [4.69, 9.17) is 0 Å². The van der Waals surface area contributed by atoms with Crippen molar-refractivity contribution in [3.8, 4) is 0 Å². The molecule has 0 saturated carbocycles. The fourth-order valence-electron chi connectivity index (χ4n) is 0.705. The zero-order valence-corrected chi connectivity index (χ0v) is 6.96. The monoisotopic (exact) mass is 164 g/mol. The van der Waals surface area contributed by atoms with Crippen molar-refractivity contribution in [2.45, 2.75) is 26.2 Å². The van der Waals surface area contributed by atoms with Crippen LogP contribution in [0, 0.1) is 0 Å². The van der Waals surface area contributed by atoms with E-state index in [1.54, 1.807) is 0 Å². The Balaban J connectivity index is 0.000000810. The van der Waals surface area contributed by atoms with E-state index in [-0.39, 0.29) is 29.6 Å². The van der Waals surface area contributed by atoms with Crippen molar-refractivity contribution in [2.24, 2.45) is 0 Å². The molecule has 0 aliphatic heterocycles. The molecule has 10 heavy (non-hydrogen) atoms. The van der Waals surface area contributed by atoms with E-state index in [9.17, 15) is 0 Å². The summed E-state index contributed by atoms with van der Waals surface area (Å²) in [7, 11) is 0. The van der Waals surface area contributed by atoms with Crippen LogP contribution < -0.4 is 0 Å². The molecular weight excluding hydrogens is 151 g/mol. The van der Waals surface area contributed by atoms with Gasteiger partial charge in [0, 0.05) is 4.88 Å². The van der Waals surface area contributed by atoms with E-state index in [2.05, 4.69) is 38.3 Å². The molecule has 0 amide bonds. The summed E-state index contributed by atoms with van der Waals surface area (Å²) in [5, 5.41) is 2.13. The zero-order valence-electron chi connectivity index (χ0n) is 6.14. The molecule has 0 atom stereocenters. The maximum atomic E-state index is 2.23. The van der Waals surface area contributed by atoms with E-state index in [1.807, 2.05) is 11.3 Å². The Bertz CT molecular complexity index is 172. The quantitative estimate of drug-likeness (QED) is 0.516. The second kappa shape index (κ2) is 3.91. The van der Waals surface area contributed by atoms with Crippen LogP contribution in [-0.2, 0) is 5.41 Å². The van der Waals surface area contributed by atoms with Crippen molar-refractivity contribution < 1.29 is 0 Å². The average molecular weight is 164 g/mol. The predicted molar refractivity (Wildman–Crippen MR) is 50.2 cm³/mol. The Hall–Kier alpha value is 0.700. The molecule has 0 N–H and O–H groups in total. The normalized spacial score (nSPS) is 10.7. The predicted octanol–water partition coefficient (Wildman–Crippen LogP) is 2.40. The Labute approximate surface area is 88.9 Å². The molecule has 0 spiro atoms. The van der Waals surface area contributed by atoms with Crippen molar-refractivity contribution in [3.05, 3.63) is 22.4 Å². The molecule has 0 saturated heterocycles. The maximum absolute atomic E-state index is 2.23. The third-order valence-corrected chi connectivity index (χ3v) is 2.56. The van der Waals surface area contributed by atoms with Crippen molar-refractivity contribution in [3.63, 3.8) is 0 Å². The molecular formula is C8H13NaS. The molecule has 0 aromatic carbocycles. The minimum atomic E-state index is 0. The van der Waals surface area contributed by atoms with Gasteiger partial charge >= 0.3 is 29.6 Å². The molecule has 0 fully saturated rings. The van der Waals surface area contributed by atoms with Crippen molar-refractivity contribution in [1.29, 1.82) is 0 Å². The first kappa shape index (κ1) is 10.7. The van der Waals surface area contributed by atoms with Gasteiger partial charge in [-0.3, -0.25) is 0 Å². The van der Waals surface area contributed by atoms with Crippen LogP contribution in [0.1, 0.15) is 25.6 Å². The second-order valence-corrected chi connectivity index (χ2v) is 4.17. The molecule has 52 valence electrons. The summed E-state index contributed by atoms with van der Waals surface area (Å²) >= 11 is 1.83. The summed E-state index contributed by atoms with van der Waals surface area (Å²) in [5.74, 6) is 0. The topological polar surface area (TPSA) is 0 Å². The van der Waals surface area contributed by atoms with Crippen molar-refractivity contribution in [2.75, 3.05) is 0 Å². The van der Waals surface area contributed by atoms with Gasteiger partial charge in [-0.2, -0.15) is 0 Å². The molecule has 1 heterocycles. The fourth-order valence-corrected chi connectivity index (χ4v) is 1.52. The van der Waals surface area contributed by atoms with Crippen LogP contribution in [0.2, 0.25) is 0 Å². The summed E-state index contributed by atoms with van der Waals surface area (Å²) in [5.41, 5.74) is 0.341. The molecule has 0 nitrogen and oxygen atoms in total. The standard InChI is InChI=1S/C8H12S.Na.H/c1-8(2,3)7-5-4-6-9-7;;/h4-6H,1-3H3;;. The number of hydrogen-bond donors (Lipinski definition) is 0. The van der Waals surface area contributed by atoms with Gasteiger partial charge in [-0.25, -0.2) is 0 Å². The first-order valence-corrected chi connectivity index (χ1v) is 4.02. The molecule has 0 radical (unpaired) electrons. The van der Waals surface area contributed by atoms with Crippen LogP contribution in [0.25, 0.3) is 0 Å². The summed E-state index contributed by atoms with van der Waals surface area (Å²) in [6, 6.07) is 4.29. The second-order valence-electron chi connectivity index (χ2n) is 3.23. The molecule has 0 aliphatic rings. The van der Waals surface area contributed by atoms with Gasteiger partial charge in [0.15, 0.2) is 0 Å². The molecule has 2 heteroatoms. The van der Waals surface area contributed by atoms with Gasteiger partial charge in [0.25, 0.3) is 0 Å². The van der Waals surface area contributed by atoms with Crippen LogP contribution in [0.3, 0.4) is 0 Å². The molecule has 1 aromatic heterocycles. The molecule has 1 aromatic rings. The Kier molecular flexibility index (Phi) is 4.19. The van der Waals surface area contributed by atoms with Crippen molar-refractivity contribution in [1.82, 2.24) is 0 Å². The molecule has 1 rings (SSSR count). The van der Waals surface area contributed by atoms with Gasteiger partial charge in [0.1, 0.15) is 0 Å².